The normalized spacial score (nSPS) is 20.7. The molecule has 5 N–H and O–H groups in total. The number of nitrogen functional groups attached to an aromatic ring is 1. The summed E-state index contributed by atoms with van der Waals surface area (Å²) in [5, 5.41) is 30.6. The Bertz CT molecular complexity index is 1450. The van der Waals surface area contributed by atoms with Crippen LogP contribution in [0.15, 0.2) is 27.8 Å². The molecule has 2 aromatic rings. The Morgan fingerprint density at radius 1 is 1.31 bits per heavy atom. The maximum Gasteiger partial charge on any atom is 0.352 e. The SMILES string of the molecule is Cn1cc(C(=NOCC(=O)N2CCNCC2)C(=O)N[C@@H]2C(=O)N3C(C(=O)O)=C(CSc4nnnn4C)CS[C@H]23)nc1N. The number of carboxylic acid groups (broad SMARTS) is 1. The average Bonchev–Trinajstić information content (AvgIpc) is 3.55. The first-order valence-corrected chi connectivity index (χ1v) is 14.7. The second kappa shape index (κ2) is 12.4. The number of oxime groups is 1. The monoisotopic (exact) mass is 620 g/mol. The predicted octanol–water partition coefficient (Wildman–Crippen LogP) is -2.79. The molecule has 0 unspecified atom stereocenters. The molecule has 3 aliphatic heterocycles. The van der Waals surface area contributed by atoms with Gasteiger partial charge in [0.05, 0.1) is 0 Å². The minimum atomic E-state index is -1.25. The molecule has 2 saturated heterocycles. The van der Waals surface area contributed by atoms with Gasteiger partial charge in [0, 0.05) is 58.0 Å². The first kappa shape index (κ1) is 29.3. The summed E-state index contributed by atoms with van der Waals surface area (Å²) >= 11 is 2.57. The predicted molar refractivity (Wildman–Crippen MR) is 149 cm³/mol. The van der Waals surface area contributed by atoms with Gasteiger partial charge >= 0.3 is 5.97 Å². The van der Waals surface area contributed by atoms with Crippen LogP contribution in [0.3, 0.4) is 0 Å². The molecule has 2 atom stereocenters. The van der Waals surface area contributed by atoms with Crippen molar-refractivity contribution in [2.75, 3.05) is 50.0 Å². The zero-order valence-corrected chi connectivity index (χ0v) is 24.2. The standard InChI is InChI=1S/C22H28N12O6S2/c1-31-7-12(25-21(31)23)14(28-40-8-13(35)33-5-3-24-4-6-33)17(36)26-15-18(37)34-16(20(38)39)11(9-41-19(15)34)10-42-22-27-29-30-32(22)2/h7,15,19,24H,3-6,8-10H2,1-2H3,(H2,23,25)(H,26,36)(H,38,39)/t15-,19-/m1/s1. The fourth-order valence-electron chi connectivity index (χ4n) is 4.46. The van der Waals surface area contributed by atoms with Gasteiger partial charge in [-0.15, -0.1) is 16.9 Å². The highest BCUT2D eigenvalue weighted by Gasteiger charge is 2.54. The minimum Gasteiger partial charge on any atom is -0.477 e. The van der Waals surface area contributed by atoms with E-state index in [4.69, 9.17) is 10.6 Å². The lowest BCUT2D eigenvalue weighted by atomic mass is 10.0. The van der Waals surface area contributed by atoms with E-state index in [1.807, 2.05) is 0 Å². The van der Waals surface area contributed by atoms with Gasteiger partial charge in [0.2, 0.25) is 11.1 Å². The number of nitrogens with two attached hydrogens (primary N) is 1. The third-order valence-electron chi connectivity index (χ3n) is 6.68. The summed E-state index contributed by atoms with van der Waals surface area (Å²) in [6, 6.07) is -1.03. The molecule has 2 fully saturated rings. The number of aliphatic carboxylic acids is 1. The molecule has 18 nitrogen and oxygen atoms in total. The van der Waals surface area contributed by atoms with E-state index >= 15 is 0 Å². The summed E-state index contributed by atoms with van der Waals surface area (Å²) in [4.78, 5) is 63.3. The molecule has 2 aromatic heterocycles. The number of fused-ring (bicyclic) bond motifs is 1. The number of piperazine rings is 1. The number of thioether (sulfide) groups is 2. The topological polar surface area (TPSA) is 228 Å². The number of nitrogens with one attached hydrogen (secondary N) is 2. The smallest absolute Gasteiger partial charge is 0.352 e. The van der Waals surface area contributed by atoms with E-state index in [0.717, 1.165) is 0 Å². The number of β-lactam (4-membered cyclic amide) rings is 1. The van der Waals surface area contributed by atoms with Crippen molar-refractivity contribution in [1.29, 1.82) is 0 Å². The van der Waals surface area contributed by atoms with Gasteiger partial charge in [-0.3, -0.25) is 19.3 Å². The maximum absolute atomic E-state index is 13.4. The van der Waals surface area contributed by atoms with Crippen LogP contribution in [0.1, 0.15) is 5.69 Å². The van der Waals surface area contributed by atoms with Crippen molar-refractivity contribution in [3.05, 3.63) is 23.2 Å². The van der Waals surface area contributed by atoms with Gasteiger partial charge in [0.15, 0.2) is 12.3 Å². The van der Waals surface area contributed by atoms with E-state index < -0.39 is 35.8 Å². The molecule has 0 aromatic carbocycles. The summed E-state index contributed by atoms with van der Waals surface area (Å²) < 4.78 is 2.93. The summed E-state index contributed by atoms with van der Waals surface area (Å²) in [6.45, 7) is 1.99. The quantitative estimate of drug-likeness (QED) is 0.0911. The van der Waals surface area contributed by atoms with Crippen LogP contribution in [0.4, 0.5) is 5.95 Å². The fourth-order valence-corrected chi connectivity index (χ4v) is 6.79. The molecule has 0 aliphatic carbocycles. The Hall–Kier alpha value is -4.17. The van der Waals surface area contributed by atoms with E-state index in [2.05, 4.69) is 36.3 Å². The van der Waals surface area contributed by atoms with Gasteiger partial charge in [0.1, 0.15) is 22.8 Å². The van der Waals surface area contributed by atoms with E-state index in [-0.39, 0.29) is 34.7 Å². The number of aryl methyl sites for hydroxylation is 2. The molecule has 5 rings (SSSR count). The van der Waals surface area contributed by atoms with Crippen LogP contribution in [0, 0.1) is 0 Å². The van der Waals surface area contributed by atoms with Gasteiger partial charge < -0.3 is 35.8 Å². The molecule has 0 spiro atoms. The highest BCUT2D eigenvalue weighted by atomic mass is 32.2. The number of carboxylic acids is 1. The van der Waals surface area contributed by atoms with Gasteiger partial charge in [-0.25, -0.2) is 14.5 Å². The van der Waals surface area contributed by atoms with Gasteiger partial charge in [-0.1, -0.05) is 16.9 Å². The van der Waals surface area contributed by atoms with Crippen LogP contribution in [0.2, 0.25) is 0 Å². The number of rotatable bonds is 10. The summed E-state index contributed by atoms with van der Waals surface area (Å²) in [6.07, 6.45) is 1.46. The fraction of sp³-hybridized carbons (Fsp3) is 0.500. The molecule has 5 heterocycles. The highest BCUT2D eigenvalue weighted by Crippen LogP contribution is 2.41. The Labute approximate surface area is 247 Å². The summed E-state index contributed by atoms with van der Waals surface area (Å²) in [5.74, 6) is -2.24. The van der Waals surface area contributed by atoms with Gasteiger partial charge in [0.25, 0.3) is 17.7 Å². The number of hydrogen-bond acceptors (Lipinski definition) is 14. The minimum absolute atomic E-state index is 0.0748. The van der Waals surface area contributed by atoms with Crippen molar-refractivity contribution >= 4 is 58.9 Å². The van der Waals surface area contributed by atoms with E-state index in [1.54, 1.807) is 19.0 Å². The Balaban J connectivity index is 1.29. The molecule has 20 heteroatoms. The summed E-state index contributed by atoms with van der Waals surface area (Å²) in [7, 11) is 3.29. The van der Waals surface area contributed by atoms with Crippen molar-refractivity contribution in [2.45, 2.75) is 16.6 Å². The number of anilines is 1. The molecule has 0 saturated carbocycles. The zero-order chi connectivity index (χ0) is 30.0. The van der Waals surface area contributed by atoms with Crippen molar-refractivity contribution < 1.29 is 29.1 Å². The van der Waals surface area contributed by atoms with E-state index in [1.165, 1.54) is 43.9 Å². The Morgan fingerprint density at radius 2 is 2.07 bits per heavy atom. The number of nitrogens with zero attached hydrogens (tertiary/aromatic N) is 9. The largest absolute Gasteiger partial charge is 0.477 e. The molecule has 3 aliphatic rings. The number of amides is 3. The van der Waals surface area contributed by atoms with Gasteiger partial charge in [-0.05, 0) is 16.0 Å². The molecule has 0 radical (unpaired) electrons. The van der Waals surface area contributed by atoms with Crippen molar-refractivity contribution in [3.63, 3.8) is 0 Å². The molecular weight excluding hydrogens is 592 g/mol. The molecule has 0 bridgehead atoms. The lowest BCUT2D eigenvalue weighted by molar-refractivity contribution is -0.150. The van der Waals surface area contributed by atoms with E-state index in [9.17, 15) is 24.3 Å². The number of tetrazole rings is 1. The second-order valence-corrected chi connectivity index (χ2v) is 11.5. The lowest BCUT2D eigenvalue weighted by Gasteiger charge is -2.49. The first-order chi connectivity index (χ1) is 20.2. The van der Waals surface area contributed by atoms with Crippen molar-refractivity contribution in [1.82, 2.24) is 50.2 Å². The molecular formula is C22H28N12O6S2. The van der Waals surface area contributed by atoms with Crippen LogP contribution in [-0.4, -0.2) is 130 Å². The Morgan fingerprint density at radius 3 is 2.71 bits per heavy atom. The van der Waals surface area contributed by atoms with Crippen LogP contribution in [0.25, 0.3) is 0 Å². The van der Waals surface area contributed by atoms with Crippen LogP contribution >= 0.6 is 23.5 Å². The zero-order valence-electron chi connectivity index (χ0n) is 22.6. The van der Waals surface area contributed by atoms with Crippen molar-refractivity contribution in [2.24, 2.45) is 19.3 Å². The molecule has 3 amide bonds. The average molecular weight is 621 g/mol. The lowest BCUT2D eigenvalue weighted by Crippen LogP contribution is -2.71. The van der Waals surface area contributed by atoms with Gasteiger partial charge in [-0.2, -0.15) is 0 Å². The third-order valence-corrected chi connectivity index (χ3v) is 9.11. The number of carbonyl (C=O) groups is 4. The van der Waals surface area contributed by atoms with Crippen LogP contribution in [0.5, 0.6) is 0 Å². The Kier molecular flexibility index (Phi) is 8.64. The second-order valence-electron chi connectivity index (χ2n) is 9.43. The van der Waals surface area contributed by atoms with Crippen LogP contribution in [-0.2, 0) is 38.1 Å². The third kappa shape index (κ3) is 5.90. The summed E-state index contributed by atoms with van der Waals surface area (Å²) in [5.41, 5.74) is 6.03. The molecule has 224 valence electrons. The highest BCUT2D eigenvalue weighted by molar-refractivity contribution is 8.01. The number of imidazole rings is 1. The van der Waals surface area contributed by atoms with Crippen molar-refractivity contribution in [3.8, 4) is 0 Å². The number of carbonyl (C=O) groups excluding carboxylic acids is 3. The first-order valence-electron chi connectivity index (χ1n) is 12.7. The number of aromatic nitrogens is 6. The molecule has 42 heavy (non-hydrogen) atoms. The number of hydrogen-bond donors (Lipinski definition) is 4. The van der Waals surface area contributed by atoms with E-state index in [0.29, 0.717) is 42.7 Å². The van der Waals surface area contributed by atoms with Crippen LogP contribution < -0.4 is 16.4 Å². The maximum atomic E-state index is 13.4.